The number of methoxy groups -OCH3 is 1. The third-order valence-corrected chi connectivity index (χ3v) is 5.81. The van der Waals surface area contributed by atoms with E-state index in [0.29, 0.717) is 35.7 Å². The van der Waals surface area contributed by atoms with Crippen LogP contribution in [-0.2, 0) is 21.2 Å². The Morgan fingerprint density at radius 1 is 1.36 bits per heavy atom. The lowest BCUT2D eigenvalue weighted by molar-refractivity contribution is -0.0325. The third-order valence-electron chi connectivity index (χ3n) is 3.84. The minimum atomic E-state index is -3.51. The Morgan fingerprint density at radius 2 is 2.05 bits per heavy atom. The van der Waals surface area contributed by atoms with Gasteiger partial charge in [0.05, 0.1) is 31.3 Å². The molecule has 1 N–H and O–H groups in total. The largest absolute Gasteiger partial charge is 0.496 e. The molecule has 0 amide bonds. The quantitative estimate of drug-likeness (QED) is 0.806. The molecule has 22 heavy (non-hydrogen) atoms. The Morgan fingerprint density at radius 3 is 2.59 bits per heavy atom. The maximum atomic E-state index is 12.7. The smallest absolute Gasteiger partial charge is 0.243 e. The molecular weight excluding hydrogens is 306 g/mol. The molecule has 1 saturated heterocycles. The molecule has 6 nitrogen and oxygen atoms in total. The minimum Gasteiger partial charge on any atom is -0.496 e. The third kappa shape index (κ3) is 3.27. The van der Waals surface area contributed by atoms with Crippen LogP contribution in [0.1, 0.15) is 18.1 Å². The van der Waals surface area contributed by atoms with Gasteiger partial charge < -0.3 is 14.6 Å². The first-order chi connectivity index (χ1) is 10.4. The van der Waals surface area contributed by atoms with Crippen molar-refractivity contribution in [2.45, 2.75) is 31.3 Å². The van der Waals surface area contributed by atoms with Gasteiger partial charge in [-0.3, -0.25) is 0 Å². The molecule has 0 radical (unpaired) electrons. The van der Waals surface area contributed by atoms with Crippen molar-refractivity contribution in [3.05, 3.63) is 23.3 Å². The molecule has 0 bridgehead atoms. The average molecular weight is 329 g/mol. The van der Waals surface area contributed by atoms with Gasteiger partial charge >= 0.3 is 0 Å². The summed E-state index contributed by atoms with van der Waals surface area (Å²) in [6.45, 7) is 4.58. The first-order valence-corrected chi connectivity index (χ1v) is 8.78. The van der Waals surface area contributed by atoms with Crippen molar-refractivity contribution < 1.29 is 23.0 Å². The van der Waals surface area contributed by atoms with E-state index in [1.807, 2.05) is 6.92 Å². The zero-order chi connectivity index (χ0) is 16.3. The normalized spacial score (nSPS) is 16.5. The maximum absolute atomic E-state index is 12.7. The van der Waals surface area contributed by atoms with E-state index < -0.39 is 10.0 Å². The highest BCUT2D eigenvalue weighted by atomic mass is 32.2. The van der Waals surface area contributed by atoms with E-state index in [0.717, 1.165) is 5.56 Å². The van der Waals surface area contributed by atoms with Crippen molar-refractivity contribution in [2.24, 2.45) is 0 Å². The van der Waals surface area contributed by atoms with E-state index in [1.54, 1.807) is 26.2 Å². The summed E-state index contributed by atoms with van der Waals surface area (Å²) in [7, 11) is -1.93. The monoisotopic (exact) mass is 329 g/mol. The molecule has 0 aliphatic carbocycles. The first kappa shape index (κ1) is 17.2. The number of rotatable bonds is 7. The number of hydrogen-bond donors (Lipinski definition) is 1. The fourth-order valence-corrected chi connectivity index (χ4v) is 4.27. The number of aliphatic hydroxyl groups is 1. The summed E-state index contributed by atoms with van der Waals surface area (Å²) in [5.74, 6) is 0.715. The number of ether oxygens (including phenoxy) is 2. The fraction of sp³-hybridized carbons (Fsp3) is 0.600. The van der Waals surface area contributed by atoms with Crippen molar-refractivity contribution >= 4 is 10.0 Å². The zero-order valence-corrected chi connectivity index (χ0v) is 14.0. The van der Waals surface area contributed by atoms with Crippen LogP contribution in [0.5, 0.6) is 5.75 Å². The van der Waals surface area contributed by atoms with Crippen molar-refractivity contribution in [2.75, 3.05) is 33.4 Å². The summed E-state index contributed by atoms with van der Waals surface area (Å²) < 4.78 is 37.4. The molecule has 2 rings (SSSR count). The zero-order valence-electron chi connectivity index (χ0n) is 13.2. The lowest BCUT2D eigenvalue weighted by atomic mass is 10.1. The standard InChI is InChI=1S/C15H23NO5S/c1-4-12-8-15(11(2)7-14(12)20-3)22(18,19)16-9-13(10-16)21-6-5-17/h7-8,13,17H,4-6,9-10H2,1-3H3. The highest BCUT2D eigenvalue weighted by molar-refractivity contribution is 7.89. The number of aliphatic hydroxyl groups excluding tert-OH is 1. The molecule has 1 fully saturated rings. The predicted octanol–water partition coefficient (Wildman–Crippen LogP) is 0.948. The highest BCUT2D eigenvalue weighted by Crippen LogP contribution is 2.30. The Labute approximate surface area is 131 Å². The van der Waals surface area contributed by atoms with Crippen LogP contribution in [0.3, 0.4) is 0 Å². The highest BCUT2D eigenvalue weighted by Gasteiger charge is 2.38. The second-order valence-electron chi connectivity index (χ2n) is 5.32. The van der Waals surface area contributed by atoms with Crippen molar-refractivity contribution in [3.8, 4) is 5.75 Å². The Bertz CT molecular complexity index is 623. The van der Waals surface area contributed by atoms with E-state index in [9.17, 15) is 8.42 Å². The predicted molar refractivity (Wildman–Crippen MR) is 82.7 cm³/mol. The van der Waals surface area contributed by atoms with E-state index in [2.05, 4.69) is 0 Å². The van der Waals surface area contributed by atoms with Gasteiger partial charge in [0.2, 0.25) is 10.0 Å². The number of sulfonamides is 1. The Balaban J connectivity index is 2.20. The van der Waals surface area contributed by atoms with E-state index in [1.165, 1.54) is 4.31 Å². The van der Waals surface area contributed by atoms with Gasteiger partial charge in [0.1, 0.15) is 5.75 Å². The van der Waals surface area contributed by atoms with Gasteiger partial charge in [0.25, 0.3) is 0 Å². The summed E-state index contributed by atoms with van der Waals surface area (Å²) in [4.78, 5) is 0.325. The van der Waals surface area contributed by atoms with Gasteiger partial charge in [0, 0.05) is 13.1 Å². The van der Waals surface area contributed by atoms with Gasteiger partial charge in [-0.25, -0.2) is 8.42 Å². The van der Waals surface area contributed by atoms with E-state index in [4.69, 9.17) is 14.6 Å². The van der Waals surface area contributed by atoms with Crippen molar-refractivity contribution in [3.63, 3.8) is 0 Å². The maximum Gasteiger partial charge on any atom is 0.243 e. The van der Waals surface area contributed by atoms with Crippen LogP contribution in [0.15, 0.2) is 17.0 Å². The Hall–Kier alpha value is -1.15. The summed E-state index contributed by atoms with van der Waals surface area (Å²) in [5, 5.41) is 8.71. The first-order valence-electron chi connectivity index (χ1n) is 7.34. The molecule has 7 heteroatoms. The number of nitrogens with zero attached hydrogens (tertiary/aromatic N) is 1. The van der Waals surface area contributed by atoms with Crippen molar-refractivity contribution in [1.82, 2.24) is 4.31 Å². The van der Waals surface area contributed by atoms with Gasteiger partial charge in [-0.15, -0.1) is 0 Å². The molecule has 1 aliphatic heterocycles. The molecule has 0 saturated carbocycles. The molecular formula is C15H23NO5S. The lowest BCUT2D eigenvalue weighted by Crippen LogP contribution is -2.54. The molecule has 1 aliphatic rings. The number of benzene rings is 1. The average Bonchev–Trinajstić information content (AvgIpc) is 2.44. The van der Waals surface area contributed by atoms with E-state index >= 15 is 0 Å². The molecule has 1 aromatic rings. The SMILES string of the molecule is CCc1cc(S(=O)(=O)N2CC(OCCO)C2)c(C)cc1OC. The van der Waals surface area contributed by atoms with Crippen LogP contribution in [0, 0.1) is 6.92 Å². The van der Waals surface area contributed by atoms with Crippen LogP contribution < -0.4 is 4.74 Å². The topological polar surface area (TPSA) is 76.1 Å². The summed E-state index contributed by atoms with van der Waals surface area (Å²) in [6, 6.07) is 3.47. The fourth-order valence-electron chi connectivity index (χ4n) is 2.51. The van der Waals surface area contributed by atoms with Crippen molar-refractivity contribution in [1.29, 1.82) is 0 Å². The van der Waals surface area contributed by atoms with Gasteiger partial charge in [0.15, 0.2) is 0 Å². The molecule has 0 aromatic heterocycles. The second kappa shape index (κ2) is 6.95. The molecule has 1 heterocycles. The summed E-state index contributed by atoms with van der Waals surface area (Å²) >= 11 is 0. The van der Waals surface area contributed by atoms with Gasteiger partial charge in [-0.2, -0.15) is 4.31 Å². The van der Waals surface area contributed by atoms with Crippen LogP contribution in [0.4, 0.5) is 0 Å². The lowest BCUT2D eigenvalue weighted by Gasteiger charge is -2.38. The summed E-state index contributed by atoms with van der Waals surface area (Å²) in [5.41, 5.74) is 1.55. The van der Waals surface area contributed by atoms with Crippen LogP contribution in [0.25, 0.3) is 0 Å². The molecule has 0 spiro atoms. The van der Waals surface area contributed by atoms with E-state index in [-0.39, 0.29) is 19.3 Å². The Kier molecular flexibility index (Phi) is 5.44. The molecule has 0 atom stereocenters. The number of hydrogen-bond acceptors (Lipinski definition) is 5. The molecule has 1 aromatic carbocycles. The van der Waals surface area contributed by atoms with Crippen LogP contribution >= 0.6 is 0 Å². The molecule has 124 valence electrons. The summed E-state index contributed by atoms with van der Waals surface area (Å²) in [6.07, 6.45) is 0.569. The molecule has 0 unspecified atom stereocenters. The number of aryl methyl sites for hydroxylation is 2. The second-order valence-corrected chi connectivity index (χ2v) is 7.23. The van der Waals surface area contributed by atoms with Gasteiger partial charge in [-0.1, -0.05) is 6.92 Å². The van der Waals surface area contributed by atoms with Crippen LogP contribution in [0.2, 0.25) is 0 Å². The minimum absolute atomic E-state index is 0.0549. The van der Waals surface area contributed by atoms with Gasteiger partial charge in [-0.05, 0) is 36.6 Å². The van der Waals surface area contributed by atoms with Crippen LogP contribution in [-0.4, -0.2) is 57.3 Å².